The lowest BCUT2D eigenvalue weighted by molar-refractivity contribution is -0.175. The first-order chi connectivity index (χ1) is 28.8. The van der Waals surface area contributed by atoms with E-state index in [0.717, 1.165) is 32.1 Å². The molecule has 4 fully saturated rings. The van der Waals surface area contributed by atoms with Gasteiger partial charge >= 0.3 is 11.9 Å². The summed E-state index contributed by atoms with van der Waals surface area (Å²) in [5.74, 6) is -1.32. The van der Waals surface area contributed by atoms with Gasteiger partial charge in [0.15, 0.2) is 23.1 Å². The number of carbonyl (C=O) groups is 7. The van der Waals surface area contributed by atoms with E-state index in [4.69, 9.17) is 9.47 Å². The van der Waals surface area contributed by atoms with Crippen molar-refractivity contribution in [3.05, 3.63) is 141 Å². The molecule has 6 aliphatic carbocycles. The van der Waals surface area contributed by atoms with Crippen LogP contribution in [0.4, 0.5) is 0 Å². The molecule has 0 saturated heterocycles. The van der Waals surface area contributed by atoms with E-state index in [2.05, 4.69) is 13.8 Å². The third kappa shape index (κ3) is 5.60. The van der Waals surface area contributed by atoms with E-state index in [9.17, 15) is 33.6 Å². The second-order valence-corrected chi connectivity index (χ2v) is 18.6. The standard InChI is InChI=1S/C51H46O9/c1-26(52)40-18-19-41-37-17-14-29-24-30(59-48(57)27-12-15-35-38(22-27)46(55)33-10-6-4-8-31(33)44(35)53)20-21-50(29,2)42(37)25-43(51(40,41)3)60-49(58)28-13-16-36-39(23-28)47(56)34-11-7-5-9-32(34)45(36)54/h4-13,15-16,22-23,29-30,37,40-43H,14,17-21,24-25H2,1-3H3/t29-,30-,37+,40-,41+,42+,43-,50-,51-/m0/s1. The fraction of sp³-hybridized carbons (Fsp3) is 0.392. The van der Waals surface area contributed by atoms with Crippen molar-refractivity contribution in [3.8, 4) is 0 Å². The van der Waals surface area contributed by atoms with Gasteiger partial charge in [-0.1, -0.05) is 62.4 Å². The Balaban J connectivity index is 0.881. The summed E-state index contributed by atoms with van der Waals surface area (Å²) in [5.41, 5.74) is 2.06. The number of ether oxygens (including phenoxy) is 2. The van der Waals surface area contributed by atoms with Crippen LogP contribution in [0.15, 0.2) is 84.9 Å². The molecule has 9 heteroatoms. The number of hydrogen-bond acceptors (Lipinski definition) is 9. The molecule has 60 heavy (non-hydrogen) atoms. The Morgan fingerprint density at radius 2 is 1.05 bits per heavy atom. The lowest BCUT2D eigenvalue weighted by Gasteiger charge is -2.62. The van der Waals surface area contributed by atoms with Crippen LogP contribution in [0.3, 0.4) is 0 Å². The number of rotatable bonds is 5. The van der Waals surface area contributed by atoms with Crippen molar-refractivity contribution < 1.29 is 43.0 Å². The minimum Gasteiger partial charge on any atom is -0.459 e. The number of Topliss-reactive ketones (excluding diaryl/α,β-unsaturated/α-hetero) is 1. The third-order valence-corrected chi connectivity index (χ3v) is 16.0. The molecule has 4 aromatic rings. The first-order valence-corrected chi connectivity index (χ1v) is 21.4. The van der Waals surface area contributed by atoms with Crippen LogP contribution in [-0.2, 0) is 14.3 Å². The summed E-state index contributed by atoms with van der Waals surface area (Å²) in [6.07, 6.45) is 5.47. The average molecular weight is 803 g/mol. The van der Waals surface area contributed by atoms with Crippen LogP contribution in [0, 0.1) is 40.4 Å². The molecule has 6 aliphatic rings. The van der Waals surface area contributed by atoms with Gasteiger partial charge in [0, 0.05) is 55.8 Å². The molecule has 0 amide bonds. The molecule has 0 unspecified atom stereocenters. The van der Waals surface area contributed by atoms with Crippen LogP contribution < -0.4 is 0 Å². The fourth-order valence-electron chi connectivity index (χ4n) is 13.0. The van der Waals surface area contributed by atoms with Crippen molar-refractivity contribution in [2.45, 2.75) is 84.3 Å². The first-order valence-electron chi connectivity index (χ1n) is 21.4. The van der Waals surface area contributed by atoms with Crippen LogP contribution in [-0.4, -0.2) is 53.1 Å². The molecule has 0 heterocycles. The Labute approximate surface area is 348 Å². The molecular weight excluding hydrogens is 757 g/mol. The predicted octanol–water partition coefficient (Wildman–Crippen LogP) is 8.85. The molecule has 304 valence electrons. The van der Waals surface area contributed by atoms with E-state index in [-0.39, 0.29) is 97.5 Å². The summed E-state index contributed by atoms with van der Waals surface area (Å²) in [6, 6.07) is 22.6. The summed E-state index contributed by atoms with van der Waals surface area (Å²) >= 11 is 0. The van der Waals surface area contributed by atoms with Crippen molar-refractivity contribution in [1.29, 1.82) is 0 Å². The molecule has 0 bridgehead atoms. The Hall–Kier alpha value is -5.83. The molecule has 0 N–H and O–H groups in total. The minimum atomic E-state index is -0.569. The summed E-state index contributed by atoms with van der Waals surface area (Å²) in [4.78, 5) is 94.5. The molecule has 4 aromatic carbocycles. The fourth-order valence-corrected chi connectivity index (χ4v) is 13.0. The molecular formula is C51H46O9. The number of carbonyl (C=O) groups excluding carboxylic acids is 7. The molecule has 0 aliphatic heterocycles. The van der Waals surface area contributed by atoms with Crippen LogP contribution in [0.1, 0.15) is 157 Å². The van der Waals surface area contributed by atoms with Gasteiger partial charge in [0.25, 0.3) is 0 Å². The maximum atomic E-state index is 14.2. The number of ketones is 5. The van der Waals surface area contributed by atoms with E-state index < -0.39 is 23.5 Å². The van der Waals surface area contributed by atoms with Gasteiger partial charge in [-0.15, -0.1) is 0 Å². The van der Waals surface area contributed by atoms with E-state index >= 15 is 0 Å². The lowest BCUT2D eigenvalue weighted by Crippen LogP contribution is -2.59. The molecule has 0 radical (unpaired) electrons. The van der Waals surface area contributed by atoms with E-state index in [1.54, 1.807) is 79.7 Å². The average Bonchev–Trinajstić information content (AvgIpc) is 3.63. The summed E-state index contributed by atoms with van der Waals surface area (Å²) < 4.78 is 12.7. The van der Waals surface area contributed by atoms with E-state index in [1.807, 2.05) is 0 Å². The summed E-state index contributed by atoms with van der Waals surface area (Å²) in [5, 5.41) is 0. The maximum absolute atomic E-state index is 14.2. The third-order valence-electron chi connectivity index (χ3n) is 16.0. The highest BCUT2D eigenvalue weighted by molar-refractivity contribution is 6.29. The lowest BCUT2D eigenvalue weighted by atomic mass is 9.44. The molecule has 0 aromatic heterocycles. The highest BCUT2D eigenvalue weighted by Crippen LogP contribution is 2.68. The van der Waals surface area contributed by atoms with Gasteiger partial charge in [0.05, 0.1) is 11.1 Å². The van der Waals surface area contributed by atoms with Crippen LogP contribution in [0.2, 0.25) is 0 Å². The molecule has 9 nitrogen and oxygen atoms in total. The van der Waals surface area contributed by atoms with Crippen LogP contribution in [0.25, 0.3) is 0 Å². The molecule has 4 saturated carbocycles. The largest absolute Gasteiger partial charge is 0.459 e. The highest BCUT2D eigenvalue weighted by Gasteiger charge is 2.65. The first kappa shape index (κ1) is 38.4. The topological polar surface area (TPSA) is 138 Å². The van der Waals surface area contributed by atoms with Crippen molar-refractivity contribution in [3.63, 3.8) is 0 Å². The molecule has 10 rings (SSSR count). The van der Waals surface area contributed by atoms with Gasteiger partial charge in [-0.05, 0) is 124 Å². The van der Waals surface area contributed by atoms with Crippen molar-refractivity contribution >= 4 is 40.9 Å². The van der Waals surface area contributed by atoms with Crippen molar-refractivity contribution in [1.82, 2.24) is 0 Å². The predicted molar refractivity (Wildman–Crippen MR) is 219 cm³/mol. The zero-order valence-corrected chi connectivity index (χ0v) is 34.0. The Kier molecular flexibility index (Phi) is 8.87. The second-order valence-electron chi connectivity index (χ2n) is 18.6. The SMILES string of the molecule is CC(=O)[C@@H]1CC[C@@H]2[C@H]3CC[C@H]4C[C@@H](OC(=O)c5ccc6c(c5)C(=O)c5ccccc5C6=O)CC[C@]4(C)[C@@H]3C[C@H](OC(=O)c3ccc4c(c3)C(=O)c3ccccc3C4=O)[C@]21C. The summed E-state index contributed by atoms with van der Waals surface area (Å²) in [7, 11) is 0. The number of benzene rings is 4. The number of fused-ring (bicyclic) bond motifs is 9. The minimum absolute atomic E-state index is 0.109. The van der Waals surface area contributed by atoms with Crippen LogP contribution >= 0.6 is 0 Å². The highest BCUT2D eigenvalue weighted by atomic mass is 16.5. The van der Waals surface area contributed by atoms with Gasteiger partial charge in [-0.2, -0.15) is 0 Å². The molecule has 9 atom stereocenters. The molecule has 0 spiro atoms. The second kappa shape index (κ2) is 13.9. The van der Waals surface area contributed by atoms with E-state index in [1.165, 1.54) is 12.1 Å². The Bertz CT molecular complexity index is 2600. The normalized spacial score (nSPS) is 31.0. The van der Waals surface area contributed by atoms with Gasteiger partial charge in [-0.25, -0.2) is 9.59 Å². The quantitative estimate of drug-likeness (QED) is 0.157. The van der Waals surface area contributed by atoms with E-state index in [0.29, 0.717) is 47.4 Å². The van der Waals surface area contributed by atoms with Crippen LogP contribution in [0.5, 0.6) is 0 Å². The number of esters is 2. The van der Waals surface area contributed by atoms with Gasteiger partial charge in [0.2, 0.25) is 0 Å². The smallest absolute Gasteiger partial charge is 0.338 e. The zero-order valence-electron chi connectivity index (χ0n) is 34.0. The van der Waals surface area contributed by atoms with Crippen molar-refractivity contribution in [2.24, 2.45) is 40.4 Å². The maximum Gasteiger partial charge on any atom is 0.338 e. The van der Waals surface area contributed by atoms with Crippen molar-refractivity contribution in [2.75, 3.05) is 0 Å². The zero-order chi connectivity index (χ0) is 41.8. The van der Waals surface area contributed by atoms with Gasteiger partial charge < -0.3 is 9.47 Å². The Morgan fingerprint density at radius 3 is 1.58 bits per heavy atom. The summed E-state index contributed by atoms with van der Waals surface area (Å²) in [6.45, 7) is 6.14. The van der Waals surface area contributed by atoms with Gasteiger partial charge in [-0.3, -0.25) is 24.0 Å². The monoisotopic (exact) mass is 802 g/mol. The Morgan fingerprint density at radius 1 is 0.550 bits per heavy atom. The van der Waals surface area contributed by atoms with Gasteiger partial charge in [0.1, 0.15) is 18.0 Å². The number of hydrogen-bond donors (Lipinski definition) is 0.